The molecule has 2 heteroatoms. The maximum Gasteiger partial charge on any atom is 0.0386 e. The Hall–Kier alpha value is -1.18. The van der Waals surface area contributed by atoms with Crippen LogP contribution in [0, 0.1) is 0 Å². The van der Waals surface area contributed by atoms with Crippen molar-refractivity contribution in [3.8, 4) is 0 Å². The number of hydrogen-bond donors (Lipinski definition) is 1. The Bertz CT molecular complexity index is 290. The van der Waals surface area contributed by atoms with Crippen molar-refractivity contribution >= 4 is 11.4 Å². The summed E-state index contributed by atoms with van der Waals surface area (Å²) in [7, 11) is 0. The van der Waals surface area contributed by atoms with Gasteiger partial charge in [0.15, 0.2) is 0 Å². The zero-order valence-corrected chi connectivity index (χ0v) is 9.38. The van der Waals surface area contributed by atoms with Crippen molar-refractivity contribution in [2.75, 3.05) is 23.7 Å². The third kappa shape index (κ3) is 2.19. The Morgan fingerprint density at radius 3 is 2.21 bits per heavy atom. The Balaban J connectivity index is 2.95. The van der Waals surface area contributed by atoms with Gasteiger partial charge >= 0.3 is 0 Å². The minimum absolute atomic E-state index is 0.914. The van der Waals surface area contributed by atoms with Crippen LogP contribution < -0.4 is 10.6 Å². The second kappa shape index (κ2) is 4.89. The van der Waals surface area contributed by atoms with Gasteiger partial charge in [-0.1, -0.05) is 13.0 Å². The van der Waals surface area contributed by atoms with Crippen LogP contribution in [0.4, 0.5) is 11.4 Å². The van der Waals surface area contributed by atoms with Gasteiger partial charge in [0.05, 0.1) is 0 Å². The number of nitrogens with zero attached hydrogens (tertiary/aromatic N) is 1. The molecule has 0 fully saturated rings. The molecule has 0 saturated carbocycles. The Kier molecular flexibility index (Phi) is 3.81. The first kappa shape index (κ1) is 10.9. The third-order valence-corrected chi connectivity index (χ3v) is 2.64. The van der Waals surface area contributed by atoms with E-state index in [9.17, 15) is 0 Å². The molecule has 0 heterocycles. The van der Waals surface area contributed by atoms with Crippen LogP contribution in [0.5, 0.6) is 0 Å². The Morgan fingerprint density at radius 1 is 1.14 bits per heavy atom. The van der Waals surface area contributed by atoms with Gasteiger partial charge in [-0.25, -0.2) is 0 Å². The standard InChI is InChI=1S/C12H20N2/c1-4-10-7-8-11(9-12(10)13)14(5-2)6-3/h7-9H,4-6,13H2,1-3H3. The molecule has 1 rings (SSSR count). The van der Waals surface area contributed by atoms with Crippen molar-refractivity contribution in [2.24, 2.45) is 0 Å². The molecule has 0 amide bonds. The van der Waals surface area contributed by atoms with Gasteiger partial charge in [-0.2, -0.15) is 0 Å². The van der Waals surface area contributed by atoms with Crippen molar-refractivity contribution < 1.29 is 0 Å². The molecule has 14 heavy (non-hydrogen) atoms. The van der Waals surface area contributed by atoms with E-state index in [1.54, 1.807) is 0 Å². The summed E-state index contributed by atoms with van der Waals surface area (Å²) in [4.78, 5) is 2.30. The first-order valence-corrected chi connectivity index (χ1v) is 5.36. The maximum atomic E-state index is 5.95. The monoisotopic (exact) mass is 192 g/mol. The molecule has 0 saturated heterocycles. The van der Waals surface area contributed by atoms with Crippen LogP contribution in [-0.2, 0) is 6.42 Å². The highest BCUT2D eigenvalue weighted by atomic mass is 15.1. The summed E-state index contributed by atoms with van der Waals surface area (Å²) in [6.07, 6.45) is 1.00. The van der Waals surface area contributed by atoms with Gasteiger partial charge < -0.3 is 10.6 Å². The van der Waals surface area contributed by atoms with Crippen LogP contribution >= 0.6 is 0 Å². The summed E-state index contributed by atoms with van der Waals surface area (Å²) in [6.45, 7) is 8.51. The molecular formula is C12H20N2. The van der Waals surface area contributed by atoms with Gasteiger partial charge in [0.25, 0.3) is 0 Å². The number of hydrogen-bond acceptors (Lipinski definition) is 2. The molecule has 2 N–H and O–H groups in total. The van der Waals surface area contributed by atoms with E-state index in [4.69, 9.17) is 5.73 Å². The molecule has 0 unspecified atom stereocenters. The van der Waals surface area contributed by atoms with E-state index in [2.05, 4.69) is 43.9 Å². The number of aryl methyl sites for hydroxylation is 1. The lowest BCUT2D eigenvalue weighted by molar-refractivity contribution is 0.866. The van der Waals surface area contributed by atoms with Crippen molar-refractivity contribution in [2.45, 2.75) is 27.2 Å². The summed E-state index contributed by atoms with van der Waals surface area (Å²) in [5, 5.41) is 0. The molecule has 78 valence electrons. The molecule has 0 aliphatic rings. The van der Waals surface area contributed by atoms with E-state index in [1.165, 1.54) is 11.3 Å². The lowest BCUT2D eigenvalue weighted by Crippen LogP contribution is -2.21. The highest BCUT2D eigenvalue weighted by Gasteiger charge is 2.03. The molecule has 0 bridgehead atoms. The number of nitrogen functional groups attached to an aromatic ring is 1. The van der Waals surface area contributed by atoms with Gasteiger partial charge in [0.2, 0.25) is 0 Å². The van der Waals surface area contributed by atoms with E-state index in [1.807, 2.05) is 0 Å². The first-order chi connectivity index (χ1) is 6.72. The molecule has 2 nitrogen and oxygen atoms in total. The Morgan fingerprint density at radius 2 is 1.79 bits per heavy atom. The number of benzene rings is 1. The smallest absolute Gasteiger partial charge is 0.0386 e. The fourth-order valence-electron chi connectivity index (χ4n) is 1.69. The van der Waals surface area contributed by atoms with E-state index in [-0.39, 0.29) is 0 Å². The second-order valence-corrected chi connectivity index (χ2v) is 3.41. The van der Waals surface area contributed by atoms with Crippen LogP contribution in [0.3, 0.4) is 0 Å². The summed E-state index contributed by atoms with van der Waals surface area (Å²) in [6, 6.07) is 6.36. The SMILES string of the molecule is CCc1ccc(N(CC)CC)cc1N. The first-order valence-electron chi connectivity index (χ1n) is 5.36. The van der Waals surface area contributed by atoms with E-state index < -0.39 is 0 Å². The summed E-state index contributed by atoms with van der Waals surface area (Å²) in [5.74, 6) is 0. The summed E-state index contributed by atoms with van der Waals surface area (Å²) in [5.41, 5.74) is 9.33. The zero-order chi connectivity index (χ0) is 10.6. The summed E-state index contributed by atoms with van der Waals surface area (Å²) >= 11 is 0. The van der Waals surface area contributed by atoms with Crippen LogP contribution in [0.25, 0.3) is 0 Å². The average molecular weight is 192 g/mol. The largest absolute Gasteiger partial charge is 0.398 e. The molecule has 0 aromatic heterocycles. The van der Waals surface area contributed by atoms with Crippen LogP contribution in [-0.4, -0.2) is 13.1 Å². The Labute approximate surface area is 86.7 Å². The highest BCUT2D eigenvalue weighted by molar-refractivity contribution is 5.60. The molecule has 0 spiro atoms. The summed E-state index contributed by atoms with van der Waals surface area (Å²) < 4.78 is 0. The number of rotatable bonds is 4. The predicted molar refractivity (Wildman–Crippen MR) is 63.8 cm³/mol. The van der Waals surface area contributed by atoms with Crippen molar-refractivity contribution in [3.63, 3.8) is 0 Å². The fourth-order valence-corrected chi connectivity index (χ4v) is 1.69. The topological polar surface area (TPSA) is 29.3 Å². The van der Waals surface area contributed by atoms with Crippen molar-refractivity contribution in [3.05, 3.63) is 23.8 Å². The zero-order valence-electron chi connectivity index (χ0n) is 9.38. The lowest BCUT2D eigenvalue weighted by Gasteiger charge is -2.21. The molecule has 0 atom stereocenters. The minimum Gasteiger partial charge on any atom is -0.398 e. The molecule has 0 radical (unpaired) electrons. The number of nitrogens with two attached hydrogens (primary N) is 1. The average Bonchev–Trinajstić information content (AvgIpc) is 2.20. The molecular weight excluding hydrogens is 172 g/mol. The second-order valence-electron chi connectivity index (χ2n) is 3.41. The van der Waals surface area contributed by atoms with Gasteiger partial charge in [-0.15, -0.1) is 0 Å². The van der Waals surface area contributed by atoms with Gasteiger partial charge in [0, 0.05) is 24.5 Å². The molecule has 1 aromatic rings. The quantitative estimate of drug-likeness (QED) is 0.743. The minimum atomic E-state index is 0.914. The van der Waals surface area contributed by atoms with E-state index in [0.29, 0.717) is 0 Å². The van der Waals surface area contributed by atoms with Crippen molar-refractivity contribution in [1.29, 1.82) is 0 Å². The van der Waals surface area contributed by atoms with Gasteiger partial charge in [-0.3, -0.25) is 0 Å². The molecule has 0 aliphatic heterocycles. The third-order valence-electron chi connectivity index (χ3n) is 2.64. The van der Waals surface area contributed by atoms with Gasteiger partial charge in [-0.05, 0) is 38.0 Å². The maximum absolute atomic E-state index is 5.95. The van der Waals surface area contributed by atoms with Crippen LogP contribution in [0.15, 0.2) is 18.2 Å². The molecule has 1 aromatic carbocycles. The highest BCUT2D eigenvalue weighted by Crippen LogP contribution is 2.21. The predicted octanol–water partition coefficient (Wildman–Crippen LogP) is 2.68. The molecule has 0 aliphatic carbocycles. The van der Waals surface area contributed by atoms with Crippen LogP contribution in [0.2, 0.25) is 0 Å². The number of anilines is 2. The lowest BCUT2D eigenvalue weighted by atomic mass is 10.1. The van der Waals surface area contributed by atoms with E-state index in [0.717, 1.165) is 25.2 Å². The fraction of sp³-hybridized carbons (Fsp3) is 0.500. The van der Waals surface area contributed by atoms with Gasteiger partial charge in [0.1, 0.15) is 0 Å². The van der Waals surface area contributed by atoms with Crippen molar-refractivity contribution in [1.82, 2.24) is 0 Å². The van der Waals surface area contributed by atoms with E-state index >= 15 is 0 Å². The van der Waals surface area contributed by atoms with Crippen LogP contribution in [0.1, 0.15) is 26.3 Å². The normalized spacial score (nSPS) is 10.2.